The molecule has 7 rings (SSSR count). The zero-order chi connectivity index (χ0) is 24.9. The van der Waals surface area contributed by atoms with Crippen LogP contribution in [0.5, 0.6) is 0 Å². The molecule has 0 bridgehead atoms. The molecule has 0 spiro atoms. The first kappa shape index (κ1) is 21.4. The highest BCUT2D eigenvalue weighted by atomic mass is 16.2. The molecular formula is C34H24N2O. The number of para-hydroxylation sites is 2. The van der Waals surface area contributed by atoms with E-state index < -0.39 is 0 Å². The molecule has 2 heterocycles. The SMILES string of the molecule is Cc1ccc(C(=O)n2c3ccccc3c3ccc4c(-c5ccccc5)cn(-c5ccccc5)c4c32)cc1. The molecule has 0 amide bonds. The van der Waals surface area contributed by atoms with Crippen molar-refractivity contribution in [1.29, 1.82) is 0 Å². The molecule has 0 N–H and O–H groups in total. The first-order chi connectivity index (χ1) is 18.2. The minimum Gasteiger partial charge on any atom is -0.314 e. The Morgan fingerprint density at radius 1 is 0.595 bits per heavy atom. The van der Waals surface area contributed by atoms with Crippen molar-refractivity contribution in [3.63, 3.8) is 0 Å². The zero-order valence-corrected chi connectivity index (χ0v) is 20.4. The highest BCUT2D eigenvalue weighted by Gasteiger charge is 2.23. The lowest BCUT2D eigenvalue weighted by molar-refractivity contribution is 0.0969. The van der Waals surface area contributed by atoms with Crippen molar-refractivity contribution in [2.75, 3.05) is 0 Å². The maximum Gasteiger partial charge on any atom is 0.262 e. The predicted octanol–water partition coefficient (Wildman–Crippen LogP) is 8.40. The second-order valence-corrected chi connectivity index (χ2v) is 9.50. The molecule has 7 aromatic rings. The van der Waals surface area contributed by atoms with Gasteiger partial charge in [0.15, 0.2) is 0 Å². The van der Waals surface area contributed by atoms with Crippen LogP contribution < -0.4 is 0 Å². The van der Waals surface area contributed by atoms with Crippen LogP contribution in [0.15, 0.2) is 128 Å². The smallest absolute Gasteiger partial charge is 0.262 e. The van der Waals surface area contributed by atoms with E-state index in [0.717, 1.165) is 55.1 Å². The molecule has 3 heteroatoms. The van der Waals surface area contributed by atoms with E-state index in [1.165, 1.54) is 0 Å². The summed E-state index contributed by atoms with van der Waals surface area (Å²) in [5.74, 6) is -0.0271. The Morgan fingerprint density at radius 3 is 2.00 bits per heavy atom. The van der Waals surface area contributed by atoms with Crippen LogP contribution in [0.3, 0.4) is 0 Å². The van der Waals surface area contributed by atoms with Crippen molar-refractivity contribution in [1.82, 2.24) is 9.13 Å². The number of hydrogen-bond acceptors (Lipinski definition) is 1. The second kappa shape index (κ2) is 8.35. The number of hydrogen-bond donors (Lipinski definition) is 0. The molecule has 5 aromatic carbocycles. The molecule has 0 aliphatic carbocycles. The first-order valence-electron chi connectivity index (χ1n) is 12.5. The zero-order valence-electron chi connectivity index (χ0n) is 20.4. The van der Waals surface area contributed by atoms with Crippen molar-refractivity contribution in [3.05, 3.63) is 139 Å². The number of carbonyl (C=O) groups is 1. The largest absolute Gasteiger partial charge is 0.314 e. The quantitative estimate of drug-likeness (QED) is 0.251. The average Bonchev–Trinajstić information content (AvgIpc) is 3.50. The summed E-state index contributed by atoms with van der Waals surface area (Å²) in [5, 5.41) is 3.25. The van der Waals surface area contributed by atoms with Gasteiger partial charge in [-0.05, 0) is 42.8 Å². The Kier molecular flexibility index (Phi) is 4.83. The van der Waals surface area contributed by atoms with Gasteiger partial charge in [-0.15, -0.1) is 0 Å². The van der Waals surface area contributed by atoms with Crippen LogP contribution in [-0.2, 0) is 0 Å². The monoisotopic (exact) mass is 476 g/mol. The summed E-state index contributed by atoms with van der Waals surface area (Å²) in [6, 6.07) is 41.2. The van der Waals surface area contributed by atoms with Gasteiger partial charge in [0.05, 0.1) is 16.6 Å². The average molecular weight is 477 g/mol. The standard InChI is InChI=1S/C34H24N2O/c1-23-16-18-25(19-17-23)34(37)36-31-15-9-8-14-27(31)28-20-21-29-30(24-10-4-2-5-11-24)22-35(32(29)33(28)36)26-12-6-3-7-13-26/h2-22H,1H3. The normalized spacial score (nSPS) is 11.5. The fourth-order valence-corrected chi connectivity index (χ4v) is 5.44. The Bertz CT molecular complexity index is 1930. The van der Waals surface area contributed by atoms with Crippen molar-refractivity contribution in [3.8, 4) is 16.8 Å². The van der Waals surface area contributed by atoms with Crippen LogP contribution in [0.1, 0.15) is 15.9 Å². The molecule has 0 radical (unpaired) electrons. The molecule has 0 fully saturated rings. The predicted molar refractivity (Wildman–Crippen MR) is 153 cm³/mol. The third kappa shape index (κ3) is 3.32. The van der Waals surface area contributed by atoms with Gasteiger partial charge in [-0.2, -0.15) is 0 Å². The van der Waals surface area contributed by atoms with Gasteiger partial charge in [0.25, 0.3) is 5.91 Å². The van der Waals surface area contributed by atoms with Crippen LogP contribution in [0.2, 0.25) is 0 Å². The summed E-state index contributed by atoms with van der Waals surface area (Å²) < 4.78 is 4.14. The maximum atomic E-state index is 14.2. The lowest BCUT2D eigenvalue weighted by atomic mass is 10.0. The summed E-state index contributed by atoms with van der Waals surface area (Å²) in [5.41, 5.74) is 8.02. The number of nitrogens with zero attached hydrogens (tertiary/aromatic N) is 2. The molecule has 0 saturated carbocycles. The number of fused-ring (bicyclic) bond motifs is 5. The summed E-state index contributed by atoms with van der Waals surface area (Å²) in [4.78, 5) is 14.2. The highest BCUT2D eigenvalue weighted by molar-refractivity contribution is 6.24. The Balaban J connectivity index is 1.66. The fourth-order valence-electron chi connectivity index (χ4n) is 5.44. The van der Waals surface area contributed by atoms with E-state index in [-0.39, 0.29) is 5.91 Å². The Hall–Kier alpha value is -4.89. The summed E-state index contributed by atoms with van der Waals surface area (Å²) in [6.07, 6.45) is 2.20. The van der Waals surface area contributed by atoms with Crippen LogP contribution in [0, 0.1) is 6.92 Å². The first-order valence-corrected chi connectivity index (χ1v) is 12.5. The fraction of sp³-hybridized carbons (Fsp3) is 0.0294. The molecule has 0 aliphatic rings. The minimum atomic E-state index is -0.0271. The van der Waals surface area contributed by atoms with Gasteiger partial charge in [-0.25, -0.2) is 0 Å². The van der Waals surface area contributed by atoms with E-state index in [1.54, 1.807) is 0 Å². The van der Waals surface area contributed by atoms with Crippen LogP contribution >= 0.6 is 0 Å². The summed E-state index contributed by atoms with van der Waals surface area (Å²) >= 11 is 0. The molecule has 0 atom stereocenters. The van der Waals surface area contributed by atoms with E-state index >= 15 is 0 Å². The van der Waals surface area contributed by atoms with Gasteiger partial charge < -0.3 is 4.57 Å². The number of aryl methyl sites for hydroxylation is 1. The lowest BCUT2D eigenvalue weighted by Crippen LogP contribution is -2.12. The van der Waals surface area contributed by atoms with E-state index in [1.807, 2.05) is 66.1 Å². The summed E-state index contributed by atoms with van der Waals surface area (Å²) in [6.45, 7) is 2.04. The van der Waals surface area contributed by atoms with Crippen molar-refractivity contribution < 1.29 is 4.79 Å². The molecule has 2 aromatic heterocycles. The van der Waals surface area contributed by atoms with Crippen LogP contribution in [0.4, 0.5) is 0 Å². The van der Waals surface area contributed by atoms with Gasteiger partial charge in [-0.1, -0.05) is 96.6 Å². The van der Waals surface area contributed by atoms with Gasteiger partial charge in [0.1, 0.15) is 0 Å². The number of carbonyl (C=O) groups excluding carboxylic acids is 1. The van der Waals surface area contributed by atoms with Crippen molar-refractivity contribution >= 4 is 38.6 Å². The van der Waals surface area contributed by atoms with E-state index in [0.29, 0.717) is 5.56 Å². The number of aromatic nitrogens is 2. The van der Waals surface area contributed by atoms with Gasteiger partial charge in [0, 0.05) is 39.2 Å². The second-order valence-electron chi connectivity index (χ2n) is 9.50. The van der Waals surface area contributed by atoms with E-state index in [4.69, 9.17) is 0 Å². The van der Waals surface area contributed by atoms with Crippen LogP contribution in [0.25, 0.3) is 49.5 Å². The molecule has 0 aliphatic heterocycles. The maximum absolute atomic E-state index is 14.2. The third-order valence-corrected chi connectivity index (χ3v) is 7.22. The molecule has 3 nitrogen and oxygen atoms in total. The highest BCUT2D eigenvalue weighted by Crippen LogP contribution is 2.40. The molecule has 176 valence electrons. The minimum absolute atomic E-state index is 0.0271. The lowest BCUT2D eigenvalue weighted by Gasteiger charge is -2.11. The number of benzene rings is 5. The summed E-state index contributed by atoms with van der Waals surface area (Å²) in [7, 11) is 0. The van der Waals surface area contributed by atoms with Crippen molar-refractivity contribution in [2.24, 2.45) is 0 Å². The topological polar surface area (TPSA) is 26.9 Å². The molecule has 37 heavy (non-hydrogen) atoms. The van der Waals surface area contributed by atoms with Crippen molar-refractivity contribution in [2.45, 2.75) is 6.92 Å². The number of rotatable bonds is 3. The Morgan fingerprint density at radius 2 is 1.24 bits per heavy atom. The van der Waals surface area contributed by atoms with Crippen LogP contribution in [-0.4, -0.2) is 15.0 Å². The van der Waals surface area contributed by atoms with E-state index in [2.05, 4.69) is 77.5 Å². The van der Waals surface area contributed by atoms with E-state index in [9.17, 15) is 4.79 Å². The molecule has 0 unspecified atom stereocenters. The van der Waals surface area contributed by atoms with Gasteiger partial charge >= 0.3 is 0 Å². The van der Waals surface area contributed by atoms with Gasteiger partial charge in [-0.3, -0.25) is 9.36 Å². The third-order valence-electron chi connectivity index (χ3n) is 7.22. The molecule has 0 saturated heterocycles. The Labute approximate surface area is 214 Å². The van der Waals surface area contributed by atoms with Gasteiger partial charge in [0.2, 0.25) is 0 Å². The molecular weight excluding hydrogens is 452 g/mol.